The highest BCUT2D eigenvalue weighted by Gasteiger charge is 2.13. The van der Waals surface area contributed by atoms with Crippen LogP contribution in [-0.4, -0.2) is 18.9 Å². The Hall–Kier alpha value is -0.770. The Bertz CT molecular complexity index is 130. The molecule has 1 saturated heterocycles. The maximum atomic E-state index is 10.3. The highest BCUT2D eigenvalue weighted by molar-refractivity contribution is 5.64. The second-order valence-corrected chi connectivity index (χ2v) is 2.73. The average Bonchev–Trinajstić information content (AvgIpc) is 2.14. The van der Waals surface area contributed by atoms with Gasteiger partial charge in [0, 0.05) is 0 Å². The van der Waals surface area contributed by atoms with Crippen molar-refractivity contribution in [3.8, 4) is 0 Å². The maximum Gasteiger partial charge on any atom is 0.406 e. The van der Waals surface area contributed by atoms with Crippen LogP contribution < -0.4 is 11.1 Å². The van der Waals surface area contributed by atoms with E-state index in [1.165, 1.54) is 6.42 Å². The van der Waals surface area contributed by atoms with Crippen LogP contribution in [0.15, 0.2) is 0 Å². The zero-order valence-electron chi connectivity index (χ0n) is 6.51. The minimum Gasteiger partial charge on any atom is -0.431 e. The van der Waals surface area contributed by atoms with Crippen molar-refractivity contribution >= 4 is 6.09 Å². The van der Waals surface area contributed by atoms with Gasteiger partial charge in [-0.3, -0.25) is 5.32 Å². The molecule has 0 aromatic carbocycles. The Kier molecular flexibility index (Phi) is 3.16. The lowest BCUT2D eigenvalue weighted by molar-refractivity contribution is 0.0835. The topological polar surface area (TPSA) is 64.4 Å². The molecule has 64 valence electrons. The van der Waals surface area contributed by atoms with Crippen molar-refractivity contribution < 1.29 is 9.53 Å². The van der Waals surface area contributed by atoms with E-state index in [0.717, 1.165) is 25.8 Å². The zero-order chi connectivity index (χ0) is 8.10. The molecule has 1 atom stereocenters. The molecular weight excluding hydrogens is 144 g/mol. The third kappa shape index (κ3) is 3.23. The molecule has 0 bridgehead atoms. The molecule has 0 aromatic rings. The molecule has 0 aromatic heterocycles. The molecule has 4 nitrogen and oxygen atoms in total. The van der Waals surface area contributed by atoms with Crippen LogP contribution in [0.3, 0.4) is 0 Å². The normalized spacial score (nSPS) is 25.6. The molecule has 1 aliphatic heterocycles. The summed E-state index contributed by atoms with van der Waals surface area (Å²) in [5, 5.41) is 3.09. The molecule has 1 aliphatic rings. The number of hydrogen-bond acceptors (Lipinski definition) is 3. The molecule has 1 heterocycles. The van der Waals surface area contributed by atoms with Gasteiger partial charge in [0.25, 0.3) is 0 Å². The number of amides is 1. The molecule has 0 radical (unpaired) electrons. The first-order valence-corrected chi connectivity index (χ1v) is 3.98. The summed E-state index contributed by atoms with van der Waals surface area (Å²) in [6.45, 7) is 0.915. The van der Waals surface area contributed by atoms with Crippen molar-refractivity contribution in [2.75, 3.05) is 6.54 Å². The molecule has 1 amide bonds. The van der Waals surface area contributed by atoms with E-state index in [-0.39, 0.29) is 6.23 Å². The minimum absolute atomic E-state index is 0.157. The second kappa shape index (κ2) is 4.18. The number of nitrogens with one attached hydrogen (secondary N) is 1. The Morgan fingerprint density at radius 3 is 3.00 bits per heavy atom. The third-order valence-electron chi connectivity index (χ3n) is 1.77. The first-order valence-electron chi connectivity index (χ1n) is 3.98. The summed E-state index contributed by atoms with van der Waals surface area (Å²) in [5.74, 6) is 0. The van der Waals surface area contributed by atoms with Crippen molar-refractivity contribution in [2.24, 2.45) is 5.73 Å². The standard InChI is InChI=1S/C7H14N2O2/c8-7(10)11-6-4-2-1-3-5-9-6/h6,9H,1-5H2,(H2,8,10). The van der Waals surface area contributed by atoms with Gasteiger partial charge in [0.1, 0.15) is 0 Å². The number of carbonyl (C=O) groups is 1. The molecule has 3 N–H and O–H groups in total. The smallest absolute Gasteiger partial charge is 0.406 e. The van der Waals surface area contributed by atoms with Crippen LogP contribution in [0, 0.1) is 0 Å². The quantitative estimate of drug-likeness (QED) is 0.586. The van der Waals surface area contributed by atoms with Gasteiger partial charge in [-0.1, -0.05) is 6.42 Å². The Morgan fingerprint density at radius 2 is 2.27 bits per heavy atom. The lowest BCUT2D eigenvalue weighted by Crippen LogP contribution is -2.34. The predicted octanol–water partition coefficient (Wildman–Crippen LogP) is 0.571. The van der Waals surface area contributed by atoms with Gasteiger partial charge in [0.05, 0.1) is 0 Å². The number of primary amides is 1. The number of nitrogens with two attached hydrogens (primary N) is 1. The minimum atomic E-state index is -0.690. The fourth-order valence-corrected chi connectivity index (χ4v) is 1.24. The molecule has 1 unspecified atom stereocenters. The van der Waals surface area contributed by atoms with Crippen molar-refractivity contribution in [1.82, 2.24) is 5.32 Å². The number of carbonyl (C=O) groups excluding carboxylic acids is 1. The van der Waals surface area contributed by atoms with E-state index in [4.69, 9.17) is 10.5 Å². The van der Waals surface area contributed by atoms with Crippen LogP contribution in [0.1, 0.15) is 25.7 Å². The summed E-state index contributed by atoms with van der Waals surface area (Å²) in [7, 11) is 0. The van der Waals surface area contributed by atoms with E-state index in [0.29, 0.717) is 0 Å². The molecule has 0 aliphatic carbocycles. The van der Waals surface area contributed by atoms with Gasteiger partial charge in [-0.25, -0.2) is 4.79 Å². The highest BCUT2D eigenvalue weighted by atomic mass is 16.6. The largest absolute Gasteiger partial charge is 0.431 e. The average molecular weight is 158 g/mol. The van der Waals surface area contributed by atoms with Crippen LogP contribution in [-0.2, 0) is 4.74 Å². The van der Waals surface area contributed by atoms with Crippen molar-refractivity contribution in [2.45, 2.75) is 31.9 Å². The maximum absolute atomic E-state index is 10.3. The number of ether oxygens (including phenoxy) is 1. The Labute approximate surface area is 66.1 Å². The van der Waals surface area contributed by atoms with Crippen LogP contribution >= 0.6 is 0 Å². The van der Waals surface area contributed by atoms with E-state index in [9.17, 15) is 4.79 Å². The molecule has 1 rings (SSSR count). The summed E-state index contributed by atoms with van der Waals surface area (Å²) in [4.78, 5) is 10.3. The summed E-state index contributed by atoms with van der Waals surface area (Å²) in [5.41, 5.74) is 4.87. The Morgan fingerprint density at radius 1 is 1.45 bits per heavy atom. The van der Waals surface area contributed by atoms with Crippen LogP contribution in [0.4, 0.5) is 4.79 Å². The van der Waals surface area contributed by atoms with Gasteiger partial charge in [-0.15, -0.1) is 0 Å². The van der Waals surface area contributed by atoms with Gasteiger partial charge < -0.3 is 10.5 Å². The van der Waals surface area contributed by atoms with E-state index in [1.54, 1.807) is 0 Å². The van der Waals surface area contributed by atoms with Gasteiger partial charge in [0.2, 0.25) is 0 Å². The van der Waals surface area contributed by atoms with Gasteiger partial charge in [-0.2, -0.15) is 0 Å². The second-order valence-electron chi connectivity index (χ2n) is 2.73. The monoisotopic (exact) mass is 158 g/mol. The van der Waals surface area contributed by atoms with E-state index >= 15 is 0 Å². The van der Waals surface area contributed by atoms with Crippen molar-refractivity contribution in [3.63, 3.8) is 0 Å². The summed E-state index contributed by atoms with van der Waals surface area (Å²) in [6.07, 6.45) is 3.48. The fraction of sp³-hybridized carbons (Fsp3) is 0.857. The van der Waals surface area contributed by atoms with Crippen LogP contribution in [0.25, 0.3) is 0 Å². The molecule has 0 spiro atoms. The lowest BCUT2D eigenvalue weighted by atomic mass is 10.2. The van der Waals surface area contributed by atoms with E-state index in [2.05, 4.69) is 5.32 Å². The summed E-state index contributed by atoms with van der Waals surface area (Å²) in [6, 6.07) is 0. The summed E-state index contributed by atoms with van der Waals surface area (Å²) < 4.78 is 4.80. The van der Waals surface area contributed by atoms with Crippen LogP contribution in [0.5, 0.6) is 0 Å². The van der Waals surface area contributed by atoms with Gasteiger partial charge >= 0.3 is 6.09 Å². The number of hydrogen-bond donors (Lipinski definition) is 2. The Balaban J connectivity index is 2.25. The molecule has 4 heteroatoms. The third-order valence-corrected chi connectivity index (χ3v) is 1.77. The molecule has 11 heavy (non-hydrogen) atoms. The SMILES string of the molecule is NC(=O)OC1CCCCCN1. The lowest BCUT2D eigenvalue weighted by Gasteiger charge is -2.14. The van der Waals surface area contributed by atoms with E-state index in [1.807, 2.05) is 0 Å². The number of rotatable bonds is 1. The predicted molar refractivity (Wildman–Crippen MR) is 40.9 cm³/mol. The summed E-state index contributed by atoms with van der Waals surface area (Å²) >= 11 is 0. The highest BCUT2D eigenvalue weighted by Crippen LogP contribution is 2.08. The zero-order valence-corrected chi connectivity index (χ0v) is 6.51. The van der Waals surface area contributed by atoms with Gasteiger partial charge in [-0.05, 0) is 25.8 Å². The fourth-order valence-electron chi connectivity index (χ4n) is 1.24. The molecule has 1 fully saturated rings. The van der Waals surface area contributed by atoms with Crippen molar-refractivity contribution in [1.29, 1.82) is 0 Å². The van der Waals surface area contributed by atoms with E-state index < -0.39 is 6.09 Å². The molecule has 0 saturated carbocycles. The first-order chi connectivity index (χ1) is 5.29. The van der Waals surface area contributed by atoms with Gasteiger partial charge in [0.15, 0.2) is 6.23 Å². The van der Waals surface area contributed by atoms with Crippen LogP contribution in [0.2, 0.25) is 0 Å². The molecular formula is C7H14N2O2. The van der Waals surface area contributed by atoms with Crippen molar-refractivity contribution in [3.05, 3.63) is 0 Å². The first kappa shape index (κ1) is 8.33.